The molecule has 2 aromatic rings. The van der Waals surface area contributed by atoms with Gasteiger partial charge in [-0.15, -0.1) is 0 Å². The van der Waals surface area contributed by atoms with Crippen LogP contribution in [0.3, 0.4) is 0 Å². The van der Waals surface area contributed by atoms with Crippen LogP contribution in [0, 0.1) is 0 Å². The summed E-state index contributed by atoms with van der Waals surface area (Å²) in [5, 5.41) is 8.32. The summed E-state index contributed by atoms with van der Waals surface area (Å²) in [7, 11) is 0. The van der Waals surface area contributed by atoms with E-state index in [9.17, 15) is 4.79 Å². The van der Waals surface area contributed by atoms with Gasteiger partial charge in [-0.05, 0) is 12.1 Å². The molecule has 0 aliphatic rings. The maximum Gasteiger partial charge on any atom is 0.225 e. The van der Waals surface area contributed by atoms with Crippen LogP contribution in [-0.4, -0.2) is 15.7 Å². The van der Waals surface area contributed by atoms with Gasteiger partial charge in [0.05, 0.1) is 6.54 Å². The average Bonchev–Trinajstić information content (AvgIpc) is 2.74. The van der Waals surface area contributed by atoms with Gasteiger partial charge in [-0.25, -0.2) is 0 Å². The fourth-order valence-electron chi connectivity index (χ4n) is 1.63. The van der Waals surface area contributed by atoms with E-state index in [1.807, 2.05) is 0 Å². The van der Waals surface area contributed by atoms with E-state index in [-0.39, 0.29) is 5.91 Å². The van der Waals surface area contributed by atoms with Crippen molar-refractivity contribution < 1.29 is 4.79 Å². The van der Waals surface area contributed by atoms with Crippen molar-refractivity contribution in [1.29, 1.82) is 0 Å². The predicted octanol–water partition coefficient (Wildman–Crippen LogP) is 4.24. The second-order valence-electron chi connectivity index (χ2n) is 4.13. The number of hydrogen-bond donors (Lipinski definition) is 1. The van der Waals surface area contributed by atoms with Crippen LogP contribution in [-0.2, 0) is 11.3 Å². The molecule has 1 aromatic carbocycles. The summed E-state index contributed by atoms with van der Waals surface area (Å²) < 4.78 is 1.58. The van der Waals surface area contributed by atoms with E-state index < -0.39 is 0 Å². The van der Waals surface area contributed by atoms with Crippen LogP contribution >= 0.6 is 34.8 Å². The number of carbonyl (C=O) groups excluding carboxylic acids is 1. The number of nitrogens with one attached hydrogen (secondary N) is 1. The van der Waals surface area contributed by atoms with E-state index in [1.165, 1.54) is 0 Å². The Kier molecular flexibility index (Phi) is 4.91. The zero-order valence-corrected chi connectivity index (χ0v) is 12.9. The normalized spacial score (nSPS) is 10.6. The number of aromatic nitrogens is 2. The van der Waals surface area contributed by atoms with Crippen molar-refractivity contribution in [2.75, 3.05) is 5.32 Å². The molecule has 20 heavy (non-hydrogen) atoms. The number of halogens is 3. The van der Waals surface area contributed by atoms with E-state index in [2.05, 4.69) is 10.4 Å². The smallest absolute Gasteiger partial charge is 0.225 e. The third-order valence-electron chi connectivity index (χ3n) is 2.68. The quantitative estimate of drug-likeness (QED) is 0.910. The molecule has 0 aliphatic heterocycles. The molecule has 0 unspecified atom stereocenters. The second-order valence-corrected chi connectivity index (χ2v) is 5.35. The minimum Gasteiger partial charge on any atom is -0.308 e. The van der Waals surface area contributed by atoms with Crippen molar-refractivity contribution >= 4 is 46.5 Å². The fourth-order valence-corrected chi connectivity index (χ4v) is 2.34. The Balaban J connectivity index is 2.23. The standard InChI is InChI=1S/C13H12Cl3N3O/c1-2-12(20)17-13-11(16)7-19(18-13)6-8-9(14)4-3-5-10(8)15/h3-5,7H,2,6H2,1H3,(H,17,18,20). The molecule has 1 heterocycles. The van der Waals surface area contributed by atoms with E-state index in [0.29, 0.717) is 33.9 Å². The molecule has 1 aromatic heterocycles. The van der Waals surface area contributed by atoms with E-state index in [0.717, 1.165) is 5.56 Å². The molecule has 0 radical (unpaired) electrons. The molecule has 0 bridgehead atoms. The number of carbonyl (C=O) groups is 1. The lowest BCUT2D eigenvalue weighted by Crippen LogP contribution is -2.11. The molecule has 0 fully saturated rings. The van der Waals surface area contributed by atoms with Gasteiger partial charge in [0.1, 0.15) is 5.02 Å². The summed E-state index contributed by atoms with van der Waals surface area (Å²) in [6.45, 7) is 2.13. The third kappa shape index (κ3) is 3.45. The third-order valence-corrected chi connectivity index (χ3v) is 3.66. The lowest BCUT2D eigenvalue weighted by Gasteiger charge is -2.06. The number of anilines is 1. The van der Waals surface area contributed by atoms with Crippen molar-refractivity contribution in [3.8, 4) is 0 Å². The van der Waals surface area contributed by atoms with Gasteiger partial charge < -0.3 is 5.32 Å². The number of nitrogens with zero attached hydrogens (tertiary/aromatic N) is 2. The zero-order valence-electron chi connectivity index (χ0n) is 10.7. The zero-order chi connectivity index (χ0) is 14.7. The van der Waals surface area contributed by atoms with Gasteiger partial charge in [0.15, 0.2) is 5.82 Å². The summed E-state index contributed by atoms with van der Waals surface area (Å²) in [5.41, 5.74) is 0.753. The molecule has 0 saturated carbocycles. The summed E-state index contributed by atoms with van der Waals surface area (Å²) in [4.78, 5) is 11.3. The van der Waals surface area contributed by atoms with Gasteiger partial charge in [0.2, 0.25) is 5.91 Å². The lowest BCUT2D eigenvalue weighted by molar-refractivity contribution is -0.115. The van der Waals surface area contributed by atoms with Gasteiger partial charge in [0.25, 0.3) is 0 Å². The van der Waals surface area contributed by atoms with Gasteiger partial charge >= 0.3 is 0 Å². The number of amides is 1. The van der Waals surface area contributed by atoms with Crippen molar-refractivity contribution in [2.24, 2.45) is 0 Å². The monoisotopic (exact) mass is 331 g/mol. The minimum absolute atomic E-state index is 0.145. The van der Waals surface area contributed by atoms with E-state index >= 15 is 0 Å². The van der Waals surface area contributed by atoms with Crippen molar-refractivity contribution in [3.63, 3.8) is 0 Å². The van der Waals surface area contributed by atoms with Crippen molar-refractivity contribution in [3.05, 3.63) is 45.0 Å². The molecular weight excluding hydrogens is 321 g/mol. The Bertz CT molecular complexity index is 620. The first-order valence-electron chi connectivity index (χ1n) is 5.97. The summed E-state index contributed by atoms with van der Waals surface area (Å²) in [5.74, 6) is 0.189. The van der Waals surface area contributed by atoms with Crippen LogP contribution in [0.15, 0.2) is 24.4 Å². The molecule has 0 atom stereocenters. The van der Waals surface area contributed by atoms with Crippen LogP contribution in [0.5, 0.6) is 0 Å². The first-order chi connectivity index (χ1) is 9.51. The maximum absolute atomic E-state index is 11.3. The minimum atomic E-state index is -0.145. The summed E-state index contributed by atoms with van der Waals surface area (Å²) in [6.07, 6.45) is 1.98. The molecule has 0 aliphatic carbocycles. The molecule has 2 rings (SSSR count). The highest BCUT2D eigenvalue weighted by Gasteiger charge is 2.12. The number of benzene rings is 1. The molecule has 0 saturated heterocycles. The molecule has 0 spiro atoms. The van der Waals surface area contributed by atoms with Crippen LogP contribution in [0.25, 0.3) is 0 Å². The SMILES string of the molecule is CCC(=O)Nc1nn(Cc2c(Cl)cccc2Cl)cc1Cl. The number of hydrogen-bond acceptors (Lipinski definition) is 2. The van der Waals surface area contributed by atoms with E-state index in [1.54, 1.807) is 36.0 Å². The lowest BCUT2D eigenvalue weighted by atomic mass is 10.2. The molecule has 1 amide bonds. The highest BCUT2D eigenvalue weighted by atomic mass is 35.5. The Morgan fingerprint density at radius 1 is 1.25 bits per heavy atom. The summed E-state index contributed by atoms with van der Waals surface area (Å²) >= 11 is 18.2. The predicted molar refractivity (Wildman–Crippen MR) is 81.7 cm³/mol. The van der Waals surface area contributed by atoms with Gasteiger partial charge in [0, 0.05) is 28.2 Å². The van der Waals surface area contributed by atoms with Crippen LogP contribution in [0.4, 0.5) is 5.82 Å². The topological polar surface area (TPSA) is 46.9 Å². The summed E-state index contributed by atoms with van der Waals surface area (Å²) in [6, 6.07) is 5.29. The second kappa shape index (κ2) is 6.48. The molecule has 106 valence electrons. The largest absolute Gasteiger partial charge is 0.308 e. The maximum atomic E-state index is 11.3. The Hall–Kier alpha value is -1.23. The van der Waals surface area contributed by atoms with Gasteiger partial charge in [-0.3, -0.25) is 9.48 Å². The highest BCUT2D eigenvalue weighted by molar-refractivity contribution is 6.36. The van der Waals surface area contributed by atoms with Gasteiger partial charge in [-0.2, -0.15) is 5.10 Å². The van der Waals surface area contributed by atoms with Gasteiger partial charge in [-0.1, -0.05) is 47.8 Å². The van der Waals surface area contributed by atoms with Crippen molar-refractivity contribution in [1.82, 2.24) is 9.78 Å². The Morgan fingerprint density at radius 3 is 2.50 bits per heavy atom. The first kappa shape index (κ1) is 15.2. The highest BCUT2D eigenvalue weighted by Crippen LogP contribution is 2.26. The van der Waals surface area contributed by atoms with Crippen LogP contribution in [0.2, 0.25) is 15.1 Å². The number of rotatable bonds is 4. The molecule has 4 nitrogen and oxygen atoms in total. The first-order valence-corrected chi connectivity index (χ1v) is 7.10. The van der Waals surface area contributed by atoms with Crippen LogP contribution in [0.1, 0.15) is 18.9 Å². The average molecular weight is 333 g/mol. The fraction of sp³-hybridized carbons (Fsp3) is 0.231. The molecular formula is C13H12Cl3N3O. The van der Waals surface area contributed by atoms with Crippen LogP contribution < -0.4 is 5.32 Å². The Labute approximate surface area is 131 Å². The molecule has 1 N–H and O–H groups in total. The van der Waals surface area contributed by atoms with E-state index in [4.69, 9.17) is 34.8 Å². The molecule has 7 heteroatoms. The Morgan fingerprint density at radius 2 is 1.90 bits per heavy atom. The van der Waals surface area contributed by atoms with Crippen molar-refractivity contribution in [2.45, 2.75) is 19.9 Å².